The molecule has 9 heteroatoms. The highest BCUT2D eigenvalue weighted by Crippen LogP contribution is 2.32. The Bertz CT molecular complexity index is 662. The van der Waals surface area contributed by atoms with Gasteiger partial charge in [-0.25, -0.2) is 4.98 Å². The molecule has 1 amide bonds. The smallest absolute Gasteiger partial charge is 0.226 e. The van der Waals surface area contributed by atoms with E-state index in [0.717, 1.165) is 39.3 Å². The molecule has 2 unspecified atom stereocenters. The fourth-order valence-corrected chi connectivity index (χ4v) is 4.53. The molecule has 1 saturated heterocycles. The molecule has 3 rings (SSSR count). The highest BCUT2D eigenvalue weighted by atomic mass is 35.5. The highest BCUT2D eigenvalue weighted by molar-refractivity contribution is 7.23. The normalized spacial score (nSPS) is 19.9. The van der Waals surface area contributed by atoms with Crippen LogP contribution in [0.15, 0.2) is 17.5 Å². The van der Waals surface area contributed by atoms with E-state index < -0.39 is 0 Å². The van der Waals surface area contributed by atoms with E-state index in [9.17, 15) is 4.79 Å². The number of amides is 1. The first-order valence-corrected chi connectivity index (χ1v) is 9.42. The number of hydrogen-bond donors (Lipinski definition) is 2. The van der Waals surface area contributed by atoms with Crippen molar-refractivity contribution in [2.24, 2.45) is 0 Å². The number of thiophene rings is 1. The van der Waals surface area contributed by atoms with E-state index in [1.54, 1.807) is 11.3 Å². The van der Waals surface area contributed by atoms with Crippen molar-refractivity contribution in [3.8, 4) is 9.88 Å². The largest absolute Gasteiger partial charge is 0.351 e. The first-order valence-electron chi connectivity index (χ1n) is 7.34. The fraction of sp³-hybridized carbons (Fsp3) is 0.467. The van der Waals surface area contributed by atoms with Gasteiger partial charge in [-0.1, -0.05) is 11.6 Å². The van der Waals surface area contributed by atoms with Gasteiger partial charge < -0.3 is 10.6 Å². The van der Waals surface area contributed by atoms with Gasteiger partial charge in [0.25, 0.3) is 0 Å². The van der Waals surface area contributed by atoms with Gasteiger partial charge in [0.05, 0.1) is 21.3 Å². The summed E-state index contributed by atoms with van der Waals surface area (Å²) < 4.78 is 0.753. The van der Waals surface area contributed by atoms with Crippen molar-refractivity contribution in [2.45, 2.75) is 38.3 Å². The summed E-state index contributed by atoms with van der Waals surface area (Å²) in [5.74, 6) is 0.0432. The van der Waals surface area contributed by atoms with Gasteiger partial charge in [-0.3, -0.25) is 4.79 Å². The number of halogens is 3. The van der Waals surface area contributed by atoms with Crippen LogP contribution in [0, 0.1) is 0 Å². The molecule has 0 spiro atoms. The lowest BCUT2D eigenvalue weighted by Gasteiger charge is -2.30. The number of thiazole rings is 1. The molecule has 1 aliphatic rings. The molecule has 2 aromatic rings. The van der Waals surface area contributed by atoms with Crippen LogP contribution >= 0.6 is 59.1 Å². The summed E-state index contributed by atoms with van der Waals surface area (Å²) in [6, 6.07) is 4.38. The number of hydrogen-bond acceptors (Lipinski definition) is 5. The van der Waals surface area contributed by atoms with Crippen LogP contribution < -0.4 is 10.6 Å². The molecule has 1 fully saturated rings. The second-order valence-corrected chi connectivity index (χ2v) is 8.06. The molecule has 0 radical (unpaired) electrons. The maximum Gasteiger partial charge on any atom is 0.226 e. The first kappa shape index (κ1) is 21.7. The second-order valence-electron chi connectivity index (χ2n) is 5.48. The Balaban J connectivity index is 0.00000144. The van der Waals surface area contributed by atoms with Gasteiger partial charge in [-0.05, 0) is 38.4 Å². The molecule has 0 bridgehead atoms. The van der Waals surface area contributed by atoms with Crippen LogP contribution in [0.3, 0.4) is 0 Å². The summed E-state index contributed by atoms with van der Waals surface area (Å²) in [5.41, 5.74) is 0.818. The van der Waals surface area contributed by atoms with Crippen molar-refractivity contribution in [3.05, 3.63) is 27.5 Å². The van der Waals surface area contributed by atoms with Gasteiger partial charge in [0.15, 0.2) is 0 Å². The molecule has 3 heterocycles. The van der Waals surface area contributed by atoms with Gasteiger partial charge >= 0.3 is 0 Å². The fourth-order valence-electron chi connectivity index (χ4n) is 2.59. The Labute approximate surface area is 167 Å². The summed E-state index contributed by atoms with van der Waals surface area (Å²) in [4.78, 5) is 17.8. The maximum atomic E-state index is 12.2. The molecular formula is C15H20Cl3N3OS2. The molecule has 0 saturated carbocycles. The number of aromatic nitrogens is 1. The molecule has 0 aromatic carbocycles. The zero-order valence-electron chi connectivity index (χ0n) is 13.1. The van der Waals surface area contributed by atoms with Gasteiger partial charge in [0.2, 0.25) is 5.91 Å². The lowest BCUT2D eigenvalue weighted by molar-refractivity contribution is -0.121. The first-order chi connectivity index (χ1) is 10.6. The minimum absolute atomic E-state index is 0. The minimum atomic E-state index is 0. The number of nitrogens with zero attached hydrogens (tertiary/aromatic N) is 1. The third-order valence-electron chi connectivity index (χ3n) is 3.79. The van der Waals surface area contributed by atoms with Crippen molar-refractivity contribution < 1.29 is 4.79 Å². The molecule has 4 nitrogen and oxygen atoms in total. The van der Waals surface area contributed by atoms with Crippen molar-refractivity contribution in [2.75, 3.05) is 6.54 Å². The Morgan fingerprint density at radius 3 is 2.92 bits per heavy atom. The lowest BCUT2D eigenvalue weighted by Crippen LogP contribution is -2.52. The van der Waals surface area contributed by atoms with Crippen LogP contribution in [0.4, 0.5) is 0 Å². The average molecular weight is 429 g/mol. The zero-order chi connectivity index (χ0) is 15.5. The van der Waals surface area contributed by atoms with Crippen LogP contribution in [-0.4, -0.2) is 29.5 Å². The van der Waals surface area contributed by atoms with Crippen molar-refractivity contribution in [1.82, 2.24) is 15.6 Å². The maximum absolute atomic E-state index is 12.2. The van der Waals surface area contributed by atoms with E-state index >= 15 is 0 Å². The SMILES string of the molecule is CC1NCCCC1NC(=O)Cc1csc(-c2ccc(Cl)s2)n1.Cl.Cl. The lowest BCUT2D eigenvalue weighted by atomic mass is 10.00. The van der Waals surface area contributed by atoms with E-state index in [1.807, 2.05) is 17.5 Å². The Kier molecular flexibility index (Phi) is 8.98. The summed E-state index contributed by atoms with van der Waals surface area (Å²) in [6.45, 7) is 3.15. The Morgan fingerprint density at radius 2 is 2.25 bits per heavy atom. The van der Waals surface area contributed by atoms with Gasteiger partial charge in [-0.15, -0.1) is 47.5 Å². The molecule has 2 atom stereocenters. The van der Waals surface area contributed by atoms with Gasteiger partial charge in [-0.2, -0.15) is 0 Å². The Morgan fingerprint density at radius 1 is 1.46 bits per heavy atom. The van der Waals surface area contributed by atoms with Crippen molar-refractivity contribution in [3.63, 3.8) is 0 Å². The molecule has 0 aliphatic carbocycles. The zero-order valence-corrected chi connectivity index (χ0v) is 17.1. The van der Waals surface area contributed by atoms with Gasteiger partial charge in [0.1, 0.15) is 5.01 Å². The van der Waals surface area contributed by atoms with Gasteiger partial charge in [0, 0.05) is 17.5 Å². The standard InChI is InChI=1S/C15H18ClN3OS2.2ClH/c1-9-11(3-2-6-17-9)19-14(20)7-10-8-21-15(18-10)12-4-5-13(16)22-12;;/h4-5,8-9,11,17H,2-3,6-7H2,1H3,(H,19,20);2*1H. The van der Waals surface area contributed by atoms with E-state index in [0.29, 0.717) is 12.5 Å². The van der Waals surface area contributed by atoms with E-state index in [2.05, 4.69) is 22.5 Å². The summed E-state index contributed by atoms with van der Waals surface area (Å²) in [5, 5.41) is 9.38. The summed E-state index contributed by atoms with van der Waals surface area (Å²) >= 11 is 9.01. The predicted molar refractivity (Wildman–Crippen MR) is 107 cm³/mol. The molecule has 1 aliphatic heterocycles. The second kappa shape index (κ2) is 9.94. The van der Waals surface area contributed by atoms with E-state index in [4.69, 9.17) is 11.6 Å². The van der Waals surface area contributed by atoms with Crippen LogP contribution in [0.2, 0.25) is 4.34 Å². The van der Waals surface area contributed by atoms with Crippen LogP contribution in [0.5, 0.6) is 0 Å². The third kappa shape index (κ3) is 5.58. The monoisotopic (exact) mass is 427 g/mol. The van der Waals surface area contributed by atoms with Crippen LogP contribution in [-0.2, 0) is 11.2 Å². The summed E-state index contributed by atoms with van der Waals surface area (Å²) in [6.07, 6.45) is 2.48. The van der Waals surface area contributed by atoms with E-state index in [1.165, 1.54) is 11.3 Å². The highest BCUT2D eigenvalue weighted by Gasteiger charge is 2.22. The summed E-state index contributed by atoms with van der Waals surface area (Å²) in [7, 11) is 0. The third-order valence-corrected chi connectivity index (χ3v) is 6.08. The van der Waals surface area contributed by atoms with Crippen LogP contribution in [0.25, 0.3) is 9.88 Å². The molecule has 2 aromatic heterocycles. The van der Waals surface area contributed by atoms with E-state index in [-0.39, 0.29) is 36.8 Å². The molecule has 24 heavy (non-hydrogen) atoms. The number of nitrogens with one attached hydrogen (secondary N) is 2. The molecule has 2 N–H and O–H groups in total. The molecule has 134 valence electrons. The average Bonchev–Trinajstić information content (AvgIpc) is 3.10. The van der Waals surface area contributed by atoms with Crippen LogP contribution in [0.1, 0.15) is 25.5 Å². The number of carbonyl (C=O) groups excluding carboxylic acids is 1. The topological polar surface area (TPSA) is 54.0 Å². The van der Waals surface area contributed by atoms with Crippen molar-refractivity contribution >= 4 is 65.0 Å². The minimum Gasteiger partial charge on any atom is -0.351 e. The predicted octanol–water partition coefficient (Wildman–Crippen LogP) is 4.17. The Hall–Kier alpha value is -0.370. The number of piperidine rings is 1. The van der Waals surface area contributed by atoms with Crippen molar-refractivity contribution in [1.29, 1.82) is 0 Å². The number of rotatable bonds is 4. The molecular weight excluding hydrogens is 409 g/mol. The quantitative estimate of drug-likeness (QED) is 0.768. The number of carbonyl (C=O) groups is 1.